The van der Waals surface area contributed by atoms with E-state index in [9.17, 15) is 4.79 Å². The second-order valence-corrected chi connectivity index (χ2v) is 8.00. The average molecular weight is 369 g/mol. The number of nitrogens with zero attached hydrogens (tertiary/aromatic N) is 1. The Morgan fingerprint density at radius 2 is 2.00 bits per heavy atom. The number of likely N-dealkylation sites (tertiary alicyclic amines) is 1. The normalized spacial score (nSPS) is 23.5. The van der Waals surface area contributed by atoms with Gasteiger partial charge >= 0.3 is 0 Å². The number of amides is 1. The molecule has 2 fully saturated rings. The molecule has 1 amide bonds. The molecule has 2 saturated heterocycles. The Bertz CT molecular complexity index is 587. The highest BCUT2D eigenvalue weighted by Gasteiger charge is 2.32. The van der Waals surface area contributed by atoms with Crippen LogP contribution in [0.2, 0.25) is 10.0 Å². The third kappa shape index (κ3) is 4.07. The smallest absolute Gasteiger partial charge is 0.223 e. The molecular formula is C19H26Cl2N2O. The van der Waals surface area contributed by atoms with Crippen LogP contribution in [0.3, 0.4) is 0 Å². The third-order valence-electron chi connectivity index (χ3n) is 5.59. The highest BCUT2D eigenvalue weighted by atomic mass is 35.5. The fourth-order valence-corrected chi connectivity index (χ4v) is 4.41. The van der Waals surface area contributed by atoms with E-state index < -0.39 is 0 Å². The highest BCUT2D eigenvalue weighted by Crippen LogP contribution is 2.36. The van der Waals surface area contributed by atoms with E-state index in [1.807, 2.05) is 18.2 Å². The van der Waals surface area contributed by atoms with Gasteiger partial charge in [0, 0.05) is 13.0 Å². The second-order valence-electron chi connectivity index (χ2n) is 7.19. The summed E-state index contributed by atoms with van der Waals surface area (Å²) in [6.45, 7) is 5.25. The molecule has 24 heavy (non-hydrogen) atoms. The number of piperidine rings is 1. The molecule has 2 aliphatic heterocycles. The fraction of sp³-hybridized carbons (Fsp3) is 0.632. The van der Waals surface area contributed by atoms with Gasteiger partial charge in [-0.05, 0) is 68.3 Å². The summed E-state index contributed by atoms with van der Waals surface area (Å²) in [6, 6.07) is 5.89. The molecule has 3 nitrogen and oxygen atoms in total. The Balaban J connectivity index is 1.65. The summed E-state index contributed by atoms with van der Waals surface area (Å²) in [7, 11) is 0. The lowest BCUT2D eigenvalue weighted by Crippen LogP contribution is -2.35. The Morgan fingerprint density at radius 3 is 2.71 bits per heavy atom. The molecule has 0 spiro atoms. The zero-order chi connectivity index (χ0) is 17.1. The van der Waals surface area contributed by atoms with Crippen molar-refractivity contribution < 1.29 is 4.79 Å². The number of hydrogen-bond acceptors (Lipinski definition) is 2. The predicted molar refractivity (Wildman–Crippen MR) is 99.5 cm³/mol. The van der Waals surface area contributed by atoms with E-state index in [4.69, 9.17) is 23.2 Å². The molecule has 0 bridgehead atoms. The molecule has 0 saturated carbocycles. The molecule has 2 aliphatic rings. The first-order valence-electron chi connectivity index (χ1n) is 9.01. The third-order valence-corrected chi connectivity index (χ3v) is 6.33. The van der Waals surface area contributed by atoms with E-state index in [2.05, 4.69) is 17.1 Å². The minimum absolute atomic E-state index is 0.146. The maximum atomic E-state index is 12.9. The van der Waals surface area contributed by atoms with Crippen LogP contribution in [-0.4, -0.2) is 30.4 Å². The molecule has 1 N–H and O–H groups in total. The van der Waals surface area contributed by atoms with Crippen molar-refractivity contribution in [3.8, 4) is 0 Å². The van der Waals surface area contributed by atoms with Crippen LogP contribution in [-0.2, 0) is 4.79 Å². The molecular weight excluding hydrogens is 343 g/mol. The van der Waals surface area contributed by atoms with Crippen molar-refractivity contribution in [3.05, 3.63) is 33.8 Å². The standard InChI is InChI=1S/C19H26Cl2N2O/c1-13(14-6-8-22-9-7-14)11-19(24)23-10-2-3-18(23)15-4-5-16(20)17(21)12-15/h4-5,12-14,18,22H,2-3,6-11H2,1H3. The van der Waals surface area contributed by atoms with Crippen molar-refractivity contribution in [2.75, 3.05) is 19.6 Å². The largest absolute Gasteiger partial charge is 0.336 e. The van der Waals surface area contributed by atoms with Gasteiger partial charge in [0.1, 0.15) is 0 Å². The van der Waals surface area contributed by atoms with Crippen LogP contribution < -0.4 is 5.32 Å². The molecule has 2 heterocycles. The fourth-order valence-electron chi connectivity index (χ4n) is 4.10. The van der Waals surface area contributed by atoms with Crippen LogP contribution in [0, 0.1) is 11.8 Å². The first kappa shape index (κ1) is 18.0. The van der Waals surface area contributed by atoms with Crippen LogP contribution >= 0.6 is 23.2 Å². The molecule has 3 rings (SSSR count). The van der Waals surface area contributed by atoms with Gasteiger partial charge in [-0.2, -0.15) is 0 Å². The van der Waals surface area contributed by atoms with Gasteiger partial charge < -0.3 is 10.2 Å². The van der Waals surface area contributed by atoms with Gasteiger partial charge in [0.25, 0.3) is 0 Å². The van der Waals surface area contributed by atoms with Gasteiger partial charge in [0.05, 0.1) is 16.1 Å². The van der Waals surface area contributed by atoms with E-state index in [1.54, 1.807) is 0 Å². The lowest BCUT2D eigenvalue weighted by molar-refractivity contribution is -0.133. The van der Waals surface area contributed by atoms with Crippen LogP contribution in [0.4, 0.5) is 0 Å². The second kappa shape index (κ2) is 8.07. The van der Waals surface area contributed by atoms with Crippen molar-refractivity contribution in [3.63, 3.8) is 0 Å². The molecule has 0 aliphatic carbocycles. The monoisotopic (exact) mass is 368 g/mol. The quantitative estimate of drug-likeness (QED) is 0.836. The Morgan fingerprint density at radius 1 is 1.25 bits per heavy atom. The minimum Gasteiger partial charge on any atom is -0.336 e. The topological polar surface area (TPSA) is 32.3 Å². The summed E-state index contributed by atoms with van der Waals surface area (Å²) in [4.78, 5) is 14.9. The van der Waals surface area contributed by atoms with Crippen molar-refractivity contribution in [2.24, 2.45) is 11.8 Å². The van der Waals surface area contributed by atoms with Crippen molar-refractivity contribution in [2.45, 2.75) is 45.1 Å². The first-order chi connectivity index (χ1) is 11.6. The summed E-state index contributed by atoms with van der Waals surface area (Å²) >= 11 is 12.2. The van der Waals surface area contributed by atoms with Crippen molar-refractivity contribution in [1.82, 2.24) is 10.2 Å². The molecule has 1 aromatic carbocycles. The molecule has 0 radical (unpaired) electrons. The SMILES string of the molecule is CC(CC(=O)N1CCCC1c1ccc(Cl)c(Cl)c1)C1CCNCC1. The van der Waals surface area contributed by atoms with Crippen molar-refractivity contribution in [1.29, 1.82) is 0 Å². The van der Waals surface area contributed by atoms with Gasteiger partial charge in [-0.25, -0.2) is 0 Å². The lowest BCUT2D eigenvalue weighted by atomic mass is 9.84. The number of hydrogen-bond donors (Lipinski definition) is 1. The van der Waals surface area contributed by atoms with E-state index in [0.29, 0.717) is 28.3 Å². The summed E-state index contributed by atoms with van der Waals surface area (Å²) in [5, 5.41) is 4.53. The average Bonchev–Trinajstić information content (AvgIpc) is 3.08. The first-order valence-corrected chi connectivity index (χ1v) is 9.77. The van der Waals surface area contributed by atoms with E-state index in [1.165, 1.54) is 12.8 Å². The molecule has 2 unspecified atom stereocenters. The molecule has 1 aromatic rings. The number of carbonyl (C=O) groups excluding carboxylic acids is 1. The predicted octanol–water partition coefficient (Wildman–Crippen LogP) is 4.68. The number of nitrogens with one attached hydrogen (secondary N) is 1. The van der Waals surface area contributed by atoms with Crippen LogP contribution in [0.15, 0.2) is 18.2 Å². The molecule has 0 aromatic heterocycles. The lowest BCUT2D eigenvalue weighted by Gasteiger charge is -2.31. The van der Waals surface area contributed by atoms with Gasteiger partial charge in [-0.1, -0.05) is 36.2 Å². The highest BCUT2D eigenvalue weighted by molar-refractivity contribution is 6.42. The summed E-state index contributed by atoms with van der Waals surface area (Å²) in [5.74, 6) is 1.41. The number of benzene rings is 1. The molecule has 132 valence electrons. The minimum atomic E-state index is 0.146. The van der Waals surface area contributed by atoms with Gasteiger partial charge in [-0.3, -0.25) is 4.79 Å². The Kier molecular flexibility index (Phi) is 6.07. The van der Waals surface area contributed by atoms with Crippen LogP contribution in [0.25, 0.3) is 0 Å². The molecule has 2 atom stereocenters. The maximum Gasteiger partial charge on any atom is 0.223 e. The van der Waals surface area contributed by atoms with Gasteiger partial charge in [-0.15, -0.1) is 0 Å². The van der Waals surface area contributed by atoms with E-state index in [-0.39, 0.29) is 11.9 Å². The van der Waals surface area contributed by atoms with Gasteiger partial charge in [0.15, 0.2) is 0 Å². The van der Waals surface area contributed by atoms with Crippen LogP contribution in [0.1, 0.15) is 50.6 Å². The Labute approximate surface area is 154 Å². The Hall–Kier alpha value is -0.770. The summed E-state index contributed by atoms with van der Waals surface area (Å²) in [6.07, 6.45) is 5.08. The maximum absolute atomic E-state index is 12.9. The van der Waals surface area contributed by atoms with Gasteiger partial charge in [0.2, 0.25) is 5.91 Å². The number of halogens is 2. The number of rotatable bonds is 4. The number of carbonyl (C=O) groups is 1. The van der Waals surface area contributed by atoms with Crippen LogP contribution in [0.5, 0.6) is 0 Å². The zero-order valence-electron chi connectivity index (χ0n) is 14.2. The molecule has 5 heteroatoms. The summed E-state index contributed by atoms with van der Waals surface area (Å²) < 4.78 is 0. The van der Waals surface area contributed by atoms with E-state index >= 15 is 0 Å². The van der Waals surface area contributed by atoms with Crippen molar-refractivity contribution >= 4 is 29.1 Å². The van der Waals surface area contributed by atoms with E-state index in [0.717, 1.165) is 38.0 Å². The zero-order valence-corrected chi connectivity index (χ0v) is 15.7. The summed E-state index contributed by atoms with van der Waals surface area (Å²) in [5.41, 5.74) is 1.10.